The second kappa shape index (κ2) is 8.96. The lowest BCUT2D eigenvalue weighted by atomic mass is 10.1. The Bertz CT molecular complexity index is 1180. The fourth-order valence-corrected chi connectivity index (χ4v) is 3.75. The van der Waals surface area contributed by atoms with Gasteiger partial charge in [-0.3, -0.25) is 10.1 Å². The topological polar surface area (TPSA) is 102 Å². The first-order valence-corrected chi connectivity index (χ1v) is 10.6. The first-order valence-electron chi connectivity index (χ1n) is 10.6. The molecule has 32 heavy (non-hydrogen) atoms. The molecule has 0 aromatic carbocycles. The maximum atomic E-state index is 12.7. The Balaban J connectivity index is 1.70. The summed E-state index contributed by atoms with van der Waals surface area (Å²) in [5, 5.41) is 2.78. The van der Waals surface area contributed by atoms with Gasteiger partial charge in [0.05, 0.1) is 6.10 Å². The molecule has 0 saturated carbocycles. The predicted molar refractivity (Wildman–Crippen MR) is 121 cm³/mol. The molecule has 3 aromatic rings. The molecule has 1 fully saturated rings. The van der Waals surface area contributed by atoms with Gasteiger partial charge in [-0.2, -0.15) is 0 Å². The van der Waals surface area contributed by atoms with Gasteiger partial charge < -0.3 is 18.6 Å². The number of urea groups is 1. The van der Waals surface area contributed by atoms with E-state index in [9.17, 15) is 9.59 Å². The average molecular weight is 438 g/mol. The lowest BCUT2D eigenvalue weighted by molar-refractivity contribution is 0.111. The van der Waals surface area contributed by atoms with Crippen LogP contribution in [0, 0.1) is 6.92 Å². The molecule has 2 amide bonds. The van der Waals surface area contributed by atoms with Crippen LogP contribution in [0.4, 0.5) is 10.7 Å². The van der Waals surface area contributed by atoms with Gasteiger partial charge in [0.15, 0.2) is 5.76 Å². The molecule has 0 aliphatic carbocycles. The number of nitrogens with zero attached hydrogens (tertiary/aromatic N) is 4. The van der Waals surface area contributed by atoms with Crippen LogP contribution in [-0.2, 0) is 4.74 Å². The summed E-state index contributed by atoms with van der Waals surface area (Å²) in [5.74, 6) is 1.48. The number of furan rings is 1. The molecule has 0 spiro atoms. The highest BCUT2D eigenvalue weighted by Gasteiger charge is 2.27. The number of hydrogen-bond donors (Lipinski definition) is 1. The van der Waals surface area contributed by atoms with Gasteiger partial charge in [0.1, 0.15) is 11.5 Å². The number of likely N-dealkylation sites (tertiary alicyclic amines) is 1. The van der Waals surface area contributed by atoms with Crippen LogP contribution in [0.2, 0.25) is 0 Å². The van der Waals surface area contributed by atoms with Crippen LogP contribution in [0.3, 0.4) is 0 Å². The van der Waals surface area contributed by atoms with E-state index in [4.69, 9.17) is 9.15 Å². The molecule has 1 unspecified atom stereocenters. The third-order valence-electron chi connectivity index (χ3n) is 5.55. The van der Waals surface area contributed by atoms with Gasteiger partial charge in [-0.1, -0.05) is 0 Å². The smallest absolute Gasteiger partial charge is 0.324 e. The van der Waals surface area contributed by atoms with E-state index >= 15 is 0 Å². The molecular weight excluding hydrogens is 410 g/mol. The minimum Gasteiger partial charge on any atom is -0.460 e. The summed E-state index contributed by atoms with van der Waals surface area (Å²) in [5.41, 5.74) is 1.94. The lowest BCUT2D eigenvalue weighted by Gasteiger charge is -2.17. The Morgan fingerprint density at radius 3 is 2.75 bits per heavy atom. The number of rotatable bonds is 5. The molecule has 168 valence electrons. The molecule has 0 bridgehead atoms. The molecule has 1 aliphatic rings. The molecule has 0 radical (unpaired) electrons. The number of carbonyl (C=O) groups excluding carboxylic acids is 1. The Morgan fingerprint density at radius 2 is 2.09 bits per heavy atom. The van der Waals surface area contributed by atoms with Crippen molar-refractivity contribution in [3.05, 3.63) is 52.8 Å². The minimum atomic E-state index is -0.271. The maximum absolute atomic E-state index is 12.7. The molecular formula is C23H27N5O4. The Labute approximate surface area is 186 Å². The summed E-state index contributed by atoms with van der Waals surface area (Å²) < 4.78 is 12.8. The van der Waals surface area contributed by atoms with Crippen molar-refractivity contribution in [2.24, 2.45) is 0 Å². The fraction of sp³-hybridized carbons (Fsp3) is 0.391. The van der Waals surface area contributed by atoms with Crippen LogP contribution in [0.1, 0.15) is 32.1 Å². The van der Waals surface area contributed by atoms with E-state index in [1.807, 2.05) is 32.9 Å². The van der Waals surface area contributed by atoms with Gasteiger partial charge in [-0.15, -0.1) is 0 Å². The van der Waals surface area contributed by atoms with Crippen molar-refractivity contribution in [1.82, 2.24) is 19.4 Å². The molecule has 4 rings (SSSR count). The Hall–Kier alpha value is -3.46. The number of methoxy groups -OCH3 is 1. The highest BCUT2D eigenvalue weighted by molar-refractivity contribution is 5.88. The first kappa shape index (κ1) is 21.8. The maximum Gasteiger partial charge on any atom is 0.324 e. The summed E-state index contributed by atoms with van der Waals surface area (Å²) in [6, 6.07) is 6.69. The van der Waals surface area contributed by atoms with E-state index in [1.54, 1.807) is 35.0 Å². The molecule has 1 aliphatic heterocycles. The number of amides is 2. The van der Waals surface area contributed by atoms with Crippen molar-refractivity contribution in [3.8, 4) is 22.6 Å². The van der Waals surface area contributed by atoms with Crippen molar-refractivity contribution in [2.45, 2.75) is 39.3 Å². The fourth-order valence-electron chi connectivity index (χ4n) is 3.75. The van der Waals surface area contributed by atoms with Gasteiger partial charge in [-0.25, -0.2) is 14.8 Å². The number of hydrogen-bond acceptors (Lipinski definition) is 6. The molecule has 3 aromatic heterocycles. The van der Waals surface area contributed by atoms with Crippen molar-refractivity contribution in [1.29, 1.82) is 0 Å². The summed E-state index contributed by atoms with van der Waals surface area (Å²) in [4.78, 5) is 35.5. The van der Waals surface area contributed by atoms with Gasteiger partial charge in [0, 0.05) is 55.8 Å². The summed E-state index contributed by atoms with van der Waals surface area (Å²) in [6.45, 7) is 6.89. The Morgan fingerprint density at radius 1 is 1.28 bits per heavy atom. The van der Waals surface area contributed by atoms with Crippen LogP contribution < -0.4 is 10.9 Å². The molecule has 1 N–H and O–H groups in total. The van der Waals surface area contributed by atoms with Gasteiger partial charge in [-0.05, 0) is 45.4 Å². The quantitative estimate of drug-likeness (QED) is 0.653. The van der Waals surface area contributed by atoms with Crippen molar-refractivity contribution < 1.29 is 13.9 Å². The van der Waals surface area contributed by atoms with Crippen molar-refractivity contribution >= 4 is 12.0 Å². The molecule has 9 heteroatoms. The van der Waals surface area contributed by atoms with Crippen LogP contribution in [0.15, 0.2) is 45.9 Å². The standard InChI is InChI=1S/C23H27N5O4/c1-14(2)28-12-16(6-8-20(28)29)18-11-24-22(25-21(18)19-7-5-15(3)32-19)26-23(30)27-10-9-17(13-27)31-4/h5-8,11-12,14,17H,9-10,13H2,1-4H3,(H,24,25,26,30). The number of carbonyl (C=O) groups is 1. The number of aromatic nitrogens is 3. The van der Waals surface area contributed by atoms with Crippen LogP contribution in [0.5, 0.6) is 0 Å². The summed E-state index contributed by atoms with van der Waals surface area (Å²) in [7, 11) is 1.65. The number of pyridine rings is 1. The predicted octanol–water partition coefficient (Wildman–Crippen LogP) is 3.71. The SMILES string of the molecule is COC1CCN(C(=O)Nc2ncc(-c3ccc(=O)n(C(C)C)c3)c(-c3ccc(C)o3)n2)C1. The highest BCUT2D eigenvalue weighted by atomic mass is 16.5. The zero-order valence-electron chi connectivity index (χ0n) is 18.7. The van der Waals surface area contributed by atoms with E-state index in [1.165, 1.54) is 6.07 Å². The molecule has 9 nitrogen and oxygen atoms in total. The average Bonchev–Trinajstić information content (AvgIpc) is 3.43. The van der Waals surface area contributed by atoms with Crippen LogP contribution in [-0.4, -0.2) is 51.8 Å². The zero-order chi connectivity index (χ0) is 22.8. The number of nitrogens with one attached hydrogen (secondary N) is 1. The lowest BCUT2D eigenvalue weighted by Crippen LogP contribution is -2.34. The molecule has 1 atom stereocenters. The van der Waals surface area contributed by atoms with Crippen molar-refractivity contribution in [3.63, 3.8) is 0 Å². The largest absolute Gasteiger partial charge is 0.460 e. The van der Waals surface area contributed by atoms with E-state index in [2.05, 4.69) is 15.3 Å². The molecule has 4 heterocycles. The van der Waals surface area contributed by atoms with E-state index in [0.717, 1.165) is 17.7 Å². The second-order valence-electron chi connectivity index (χ2n) is 8.15. The highest BCUT2D eigenvalue weighted by Crippen LogP contribution is 2.32. The van der Waals surface area contributed by atoms with E-state index in [-0.39, 0.29) is 29.7 Å². The number of anilines is 1. The van der Waals surface area contributed by atoms with E-state index in [0.29, 0.717) is 30.1 Å². The number of aryl methyl sites for hydroxylation is 1. The minimum absolute atomic E-state index is 0.00706. The monoisotopic (exact) mass is 437 g/mol. The Kier molecular flexibility index (Phi) is 6.09. The van der Waals surface area contributed by atoms with Gasteiger partial charge in [0.25, 0.3) is 5.56 Å². The zero-order valence-corrected chi connectivity index (χ0v) is 18.7. The second-order valence-corrected chi connectivity index (χ2v) is 8.15. The first-order chi connectivity index (χ1) is 15.4. The van der Waals surface area contributed by atoms with E-state index < -0.39 is 0 Å². The summed E-state index contributed by atoms with van der Waals surface area (Å²) >= 11 is 0. The van der Waals surface area contributed by atoms with Gasteiger partial charge in [0.2, 0.25) is 5.95 Å². The normalized spacial score (nSPS) is 16.0. The number of ether oxygens (including phenoxy) is 1. The molecule has 1 saturated heterocycles. The third-order valence-corrected chi connectivity index (χ3v) is 5.55. The van der Waals surface area contributed by atoms with Crippen LogP contribution in [0.25, 0.3) is 22.6 Å². The van der Waals surface area contributed by atoms with Crippen molar-refractivity contribution in [2.75, 3.05) is 25.5 Å². The van der Waals surface area contributed by atoms with Crippen LogP contribution >= 0.6 is 0 Å². The third kappa shape index (κ3) is 4.43. The summed E-state index contributed by atoms with van der Waals surface area (Å²) in [6.07, 6.45) is 4.27. The van der Waals surface area contributed by atoms with Gasteiger partial charge >= 0.3 is 6.03 Å².